The van der Waals surface area contributed by atoms with Gasteiger partial charge in [0.1, 0.15) is 11.4 Å². The largest absolute Gasteiger partial charge is 0.444 e. The van der Waals surface area contributed by atoms with E-state index in [-0.39, 0.29) is 11.9 Å². The molecule has 0 aliphatic carbocycles. The van der Waals surface area contributed by atoms with Crippen molar-refractivity contribution in [1.29, 1.82) is 0 Å². The summed E-state index contributed by atoms with van der Waals surface area (Å²) in [5, 5.41) is 5.77. The Morgan fingerprint density at radius 1 is 1.32 bits per heavy atom. The molecule has 1 heterocycles. The van der Waals surface area contributed by atoms with Crippen molar-refractivity contribution < 1.29 is 18.7 Å². The van der Waals surface area contributed by atoms with Crippen molar-refractivity contribution in [2.45, 2.75) is 45.3 Å². The van der Waals surface area contributed by atoms with Crippen LogP contribution in [0.15, 0.2) is 18.2 Å². The molecule has 1 aliphatic heterocycles. The summed E-state index contributed by atoms with van der Waals surface area (Å²) in [6.45, 7) is 6.71. The van der Waals surface area contributed by atoms with Gasteiger partial charge in [0.15, 0.2) is 0 Å². The molecule has 1 aromatic rings. The first kappa shape index (κ1) is 16.5. The van der Waals surface area contributed by atoms with E-state index in [9.17, 15) is 9.18 Å². The van der Waals surface area contributed by atoms with Crippen molar-refractivity contribution in [1.82, 2.24) is 0 Å². The zero-order valence-corrected chi connectivity index (χ0v) is 13.2. The monoisotopic (exact) mass is 310 g/mol. The van der Waals surface area contributed by atoms with Crippen molar-refractivity contribution >= 4 is 17.5 Å². The minimum atomic E-state index is -0.576. The van der Waals surface area contributed by atoms with E-state index in [4.69, 9.17) is 9.47 Å². The third-order valence-electron chi connectivity index (χ3n) is 3.19. The van der Waals surface area contributed by atoms with Gasteiger partial charge in [-0.05, 0) is 51.8 Å². The summed E-state index contributed by atoms with van der Waals surface area (Å²) in [4.78, 5) is 11.8. The quantitative estimate of drug-likeness (QED) is 0.892. The first-order valence-corrected chi connectivity index (χ1v) is 7.47. The standard InChI is InChI=1S/C16H23FN2O3/c1-16(2,3)22-15(20)19-12-4-5-13(17)14(10-12)18-11-6-8-21-9-7-11/h4-5,10-11,18H,6-9H2,1-3H3,(H,19,20). The number of ether oxygens (including phenoxy) is 2. The van der Waals surface area contributed by atoms with E-state index in [2.05, 4.69) is 10.6 Å². The maximum Gasteiger partial charge on any atom is 0.412 e. The van der Waals surface area contributed by atoms with Crippen LogP contribution in [0.5, 0.6) is 0 Å². The SMILES string of the molecule is CC(C)(C)OC(=O)Nc1ccc(F)c(NC2CCOCC2)c1. The maximum absolute atomic E-state index is 13.9. The topological polar surface area (TPSA) is 59.6 Å². The number of rotatable bonds is 3. The second-order valence-electron chi connectivity index (χ2n) is 6.35. The van der Waals surface area contributed by atoms with Gasteiger partial charge in [-0.1, -0.05) is 0 Å². The van der Waals surface area contributed by atoms with Crippen LogP contribution in [0.4, 0.5) is 20.6 Å². The molecule has 1 amide bonds. The van der Waals surface area contributed by atoms with Crippen LogP contribution < -0.4 is 10.6 Å². The highest BCUT2D eigenvalue weighted by atomic mass is 19.1. The molecule has 1 saturated heterocycles. The molecule has 122 valence electrons. The molecule has 1 aliphatic rings. The Kier molecular flexibility index (Phi) is 5.24. The summed E-state index contributed by atoms with van der Waals surface area (Å²) >= 11 is 0. The van der Waals surface area contributed by atoms with Crippen molar-refractivity contribution in [2.24, 2.45) is 0 Å². The molecule has 5 nitrogen and oxygen atoms in total. The Balaban J connectivity index is 2.01. The van der Waals surface area contributed by atoms with Gasteiger partial charge in [-0.2, -0.15) is 0 Å². The van der Waals surface area contributed by atoms with Crippen molar-refractivity contribution in [3.8, 4) is 0 Å². The van der Waals surface area contributed by atoms with Crippen LogP contribution in [0.25, 0.3) is 0 Å². The molecule has 0 saturated carbocycles. The average Bonchev–Trinajstić information content (AvgIpc) is 2.41. The van der Waals surface area contributed by atoms with Crippen LogP contribution in [0.2, 0.25) is 0 Å². The number of amides is 1. The summed E-state index contributed by atoms with van der Waals surface area (Å²) < 4.78 is 24.4. The molecular formula is C16H23FN2O3. The fraction of sp³-hybridized carbons (Fsp3) is 0.562. The number of hydrogen-bond donors (Lipinski definition) is 2. The lowest BCUT2D eigenvalue weighted by molar-refractivity contribution is 0.0636. The lowest BCUT2D eigenvalue weighted by atomic mass is 10.1. The molecule has 0 radical (unpaired) electrons. The molecule has 0 bridgehead atoms. The molecular weight excluding hydrogens is 287 g/mol. The highest BCUT2D eigenvalue weighted by Gasteiger charge is 2.18. The number of carbonyl (C=O) groups excluding carboxylic acids is 1. The van der Waals surface area contributed by atoms with Gasteiger partial charge in [0.2, 0.25) is 0 Å². The Morgan fingerprint density at radius 2 is 2.00 bits per heavy atom. The Labute approximate surface area is 130 Å². The molecule has 0 unspecified atom stereocenters. The van der Waals surface area contributed by atoms with E-state index in [0.717, 1.165) is 12.8 Å². The lowest BCUT2D eigenvalue weighted by Crippen LogP contribution is -2.28. The molecule has 6 heteroatoms. The van der Waals surface area contributed by atoms with Gasteiger partial charge in [-0.3, -0.25) is 5.32 Å². The van der Waals surface area contributed by atoms with Crippen LogP contribution in [0.3, 0.4) is 0 Å². The second kappa shape index (κ2) is 6.96. The van der Waals surface area contributed by atoms with E-state index in [1.165, 1.54) is 12.1 Å². The minimum Gasteiger partial charge on any atom is -0.444 e. The normalized spacial score (nSPS) is 16.2. The third-order valence-corrected chi connectivity index (χ3v) is 3.19. The van der Waals surface area contributed by atoms with Crippen molar-refractivity contribution in [2.75, 3.05) is 23.8 Å². The second-order valence-corrected chi connectivity index (χ2v) is 6.35. The summed E-state index contributed by atoms with van der Waals surface area (Å²) in [6.07, 6.45) is 1.11. The molecule has 1 fully saturated rings. The number of halogens is 1. The van der Waals surface area contributed by atoms with Gasteiger partial charge in [-0.25, -0.2) is 9.18 Å². The zero-order chi connectivity index (χ0) is 16.2. The zero-order valence-electron chi connectivity index (χ0n) is 13.2. The first-order chi connectivity index (χ1) is 10.3. The van der Waals surface area contributed by atoms with Crippen LogP contribution in [-0.4, -0.2) is 30.9 Å². The Morgan fingerprint density at radius 3 is 2.64 bits per heavy atom. The van der Waals surface area contributed by atoms with E-state index in [0.29, 0.717) is 24.6 Å². The van der Waals surface area contributed by atoms with E-state index in [1.54, 1.807) is 26.8 Å². The van der Waals surface area contributed by atoms with Gasteiger partial charge >= 0.3 is 6.09 Å². The van der Waals surface area contributed by atoms with Gasteiger partial charge in [0.05, 0.1) is 5.69 Å². The van der Waals surface area contributed by atoms with Crippen LogP contribution >= 0.6 is 0 Å². The third kappa shape index (κ3) is 5.18. The molecule has 0 atom stereocenters. The van der Waals surface area contributed by atoms with Gasteiger partial charge in [0.25, 0.3) is 0 Å². The highest BCUT2D eigenvalue weighted by Crippen LogP contribution is 2.23. The molecule has 2 rings (SSSR count). The summed E-state index contributed by atoms with van der Waals surface area (Å²) in [7, 11) is 0. The molecule has 2 N–H and O–H groups in total. The molecule has 0 aromatic heterocycles. The number of carbonyl (C=O) groups is 1. The number of benzene rings is 1. The Hall–Kier alpha value is -1.82. The minimum absolute atomic E-state index is 0.181. The molecule has 1 aromatic carbocycles. The van der Waals surface area contributed by atoms with Crippen LogP contribution in [0.1, 0.15) is 33.6 Å². The summed E-state index contributed by atoms with van der Waals surface area (Å²) in [6, 6.07) is 4.59. The predicted octanol–water partition coefficient (Wildman–Crippen LogP) is 3.76. The number of nitrogens with one attached hydrogen (secondary N) is 2. The van der Waals surface area contributed by atoms with Crippen LogP contribution in [-0.2, 0) is 9.47 Å². The number of hydrogen-bond acceptors (Lipinski definition) is 4. The summed E-state index contributed by atoms with van der Waals surface area (Å²) in [5.41, 5.74) is 0.290. The predicted molar refractivity (Wildman–Crippen MR) is 83.7 cm³/mol. The molecule has 0 spiro atoms. The van der Waals surface area contributed by atoms with Gasteiger partial charge in [-0.15, -0.1) is 0 Å². The van der Waals surface area contributed by atoms with E-state index < -0.39 is 11.7 Å². The summed E-state index contributed by atoms with van der Waals surface area (Å²) in [5.74, 6) is -0.346. The fourth-order valence-electron chi connectivity index (χ4n) is 2.20. The van der Waals surface area contributed by atoms with Gasteiger partial charge < -0.3 is 14.8 Å². The Bertz CT molecular complexity index is 523. The fourth-order valence-corrected chi connectivity index (χ4v) is 2.20. The average molecular weight is 310 g/mol. The van der Waals surface area contributed by atoms with Crippen molar-refractivity contribution in [3.63, 3.8) is 0 Å². The first-order valence-electron chi connectivity index (χ1n) is 7.47. The number of anilines is 2. The molecule has 22 heavy (non-hydrogen) atoms. The van der Waals surface area contributed by atoms with Crippen molar-refractivity contribution in [3.05, 3.63) is 24.0 Å². The highest BCUT2D eigenvalue weighted by molar-refractivity contribution is 5.85. The lowest BCUT2D eigenvalue weighted by Gasteiger charge is -2.24. The maximum atomic E-state index is 13.9. The van der Waals surface area contributed by atoms with Crippen LogP contribution in [0, 0.1) is 5.82 Å². The van der Waals surface area contributed by atoms with E-state index in [1.807, 2.05) is 0 Å². The smallest absolute Gasteiger partial charge is 0.412 e. The van der Waals surface area contributed by atoms with E-state index >= 15 is 0 Å². The van der Waals surface area contributed by atoms with Gasteiger partial charge in [0, 0.05) is 24.9 Å².